The zero-order chi connectivity index (χ0) is 23.5. The molecule has 3 N–H and O–H groups in total. The molecular formula is C27H31N5O2. The maximum absolute atomic E-state index is 12.0. The van der Waals surface area contributed by atoms with Crippen LogP contribution in [0.4, 0.5) is 11.6 Å². The second-order valence-corrected chi connectivity index (χ2v) is 9.35. The van der Waals surface area contributed by atoms with Gasteiger partial charge in [-0.2, -0.15) is 0 Å². The number of carbonyl (C=O) groups is 1. The number of anilines is 2. The molecule has 7 heteroatoms. The lowest BCUT2D eigenvalue weighted by Crippen LogP contribution is -2.56. The monoisotopic (exact) mass is 457 g/mol. The fraction of sp³-hybridized carbons (Fsp3) is 0.370. The Balaban J connectivity index is 1.31. The predicted molar refractivity (Wildman–Crippen MR) is 134 cm³/mol. The Kier molecular flexibility index (Phi) is 6.09. The number of nitrogens with one attached hydrogen (secondary N) is 1. The molecule has 1 aromatic carbocycles. The van der Waals surface area contributed by atoms with E-state index in [0.717, 1.165) is 73.7 Å². The first kappa shape index (κ1) is 22.2. The smallest absolute Gasteiger partial charge is 0.245 e. The van der Waals surface area contributed by atoms with Gasteiger partial charge in [-0.25, -0.2) is 9.97 Å². The second-order valence-electron chi connectivity index (χ2n) is 9.35. The molecule has 2 heterocycles. The molecule has 1 unspecified atom stereocenters. The molecule has 7 nitrogen and oxygen atoms in total. The summed E-state index contributed by atoms with van der Waals surface area (Å²) in [4.78, 5) is 22.7. The van der Waals surface area contributed by atoms with Gasteiger partial charge >= 0.3 is 0 Å². The maximum Gasteiger partial charge on any atom is 0.245 e. The molecule has 1 aliphatic heterocycles. The van der Waals surface area contributed by atoms with E-state index < -0.39 is 0 Å². The van der Waals surface area contributed by atoms with Gasteiger partial charge in [-0.05, 0) is 67.4 Å². The van der Waals surface area contributed by atoms with Crippen LogP contribution in [-0.4, -0.2) is 39.9 Å². The van der Waals surface area contributed by atoms with Gasteiger partial charge < -0.3 is 20.7 Å². The van der Waals surface area contributed by atoms with E-state index in [4.69, 9.17) is 10.5 Å². The molecule has 176 valence electrons. The minimum absolute atomic E-state index is 0.0254. The van der Waals surface area contributed by atoms with Crippen molar-refractivity contribution in [2.24, 2.45) is 5.41 Å². The predicted octanol–water partition coefficient (Wildman–Crippen LogP) is 4.57. The van der Waals surface area contributed by atoms with Gasteiger partial charge in [0.25, 0.3) is 0 Å². The molecular weight excluding hydrogens is 426 g/mol. The van der Waals surface area contributed by atoms with Gasteiger partial charge in [-0.3, -0.25) is 4.79 Å². The largest absolute Gasteiger partial charge is 0.462 e. The van der Waals surface area contributed by atoms with Gasteiger partial charge in [0, 0.05) is 25.6 Å². The lowest BCUT2D eigenvalue weighted by Gasteiger charge is -2.54. The van der Waals surface area contributed by atoms with Crippen molar-refractivity contribution in [3.8, 4) is 5.75 Å². The zero-order valence-corrected chi connectivity index (χ0v) is 19.4. The van der Waals surface area contributed by atoms with Crippen molar-refractivity contribution in [2.75, 3.05) is 24.1 Å². The Bertz CT molecular complexity index is 1130. The van der Waals surface area contributed by atoms with E-state index in [1.54, 1.807) is 0 Å². The number of hydrogen-bond acceptors (Lipinski definition) is 6. The molecule has 2 fully saturated rings. The Hall–Kier alpha value is -3.61. The summed E-state index contributed by atoms with van der Waals surface area (Å²) in [5.74, 6) is 3.08. The quantitative estimate of drug-likeness (QED) is 0.618. The molecule has 3 aliphatic rings. The second kappa shape index (κ2) is 9.33. The van der Waals surface area contributed by atoms with E-state index in [0.29, 0.717) is 11.9 Å². The van der Waals surface area contributed by atoms with Gasteiger partial charge in [0.05, 0.1) is 5.56 Å². The zero-order valence-electron chi connectivity index (χ0n) is 19.4. The number of piperidine rings is 1. The standard InChI is InChI=1S/C27H31N5O2/c1-2-23(33)32-16-14-27(15-17-32)13-12-22(27)31-26-24(25(28)29-18-30-26)19-8-10-21(11-9-19)34-20-6-4-3-5-7-20/h2-8,10,18,22H,1,9,11-17H2,(H3,28,29,30,31). The molecule has 1 aromatic heterocycles. The van der Waals surface area contributed by atoms with Crippen molar-refractivity contribution < 1.29 is 9.53 Å². The van der Waals surface area contributed by atoms with Crippen LogP contribution < -0.4 is 15.8 Å². The van der Waals surface area contributed by atoms with E-state index in [1.165, 1.54) is 18.8 Å². The van der Waals surface area contributed by atoms with Crippen LogP contribution in [0.25, 0.3) is 5.57 Å². The molecule has 34 heavy (non-hydrogen) atoms. The topological polar surface area (TPSA) is 93.4 Å². The van der Waals surface area contributed by atoms with Crippen LogP contribution in [-0.2, 0) is 4.79 Å². The molecule has 5 rings (SSSR count). The third-order valence-electron chi connectivity index (χ3n) is 7.53. The normalized spacial score (nSPS) is 21.2. The summed E-state index contributed by atoms with van der Waals surface area (Å²) in [6, 6.07) is 10.1. The average molecular weight is 458 g/mol. The highest BCUT2D eigenvalue weighted by Gasteiger charge is 2.48. The summed E-state index contributed by atoms with van der Waals surface area (Å²) < 4.78 is 6.00. The van der Waals surface area contributed by atoms with E-state index in [1.807, 2.05) is 41.3 Å². The number of benzene rings is 1. The van der Waals surface area contributed by atoms with E-state index in [2.05, 4.69) is 27.9 Å². The van der Waals surface area contributed by atoms with Crippen molar-refractivity contribution in [3.63, 3.8) is 0 Å². The number of para-hydroxylation sites is 1. The Morgan fingerprint density at radius 2 is 1.94 bits per heavy atom. The highest BCUT2D eigenvalue weighted by atomic mass is 16.5. The van der Waals surface area contributed by atoms with Crippen molar-refractivity contribution in [1.82, 2.24) is 14.9 Å². The first-order chi connectivity index (χ1) is 16.6. The lowest BCUT2D eigenvalue weighted by atomic mass is 9.59. The molecule has 1 amide bonds. The van der Waals surface area contributed by atoms with Gasteiger partial charge in [0.2, 0.25) is 5.91 Å². The Morgan fingerprint density at radius 1 is 1.15 bits per heavy atom. The van der Waals surface area contributed by atoms with Crippen LogP contribution >= 0.6 is 0 Å². The highest BCUT2D eigenvalue weighted by molar-refractivity contribution is 5.87. The van der Waals surface area contributed by atoms with E-state index in [-0.39, 0.29) is 11.3 Å². The number of nitrogens with two attached hydrogens (primary N) is 1. The summed E-state index contributed by atoms with van der Waals surface area (Å²) in [6.45, 7) is 5.18. The summed E-state index contributed by atoms with van der Waals surface area (Å²) in [6.07, 6.45) is 12.9. The molecule has 2 aliphatic carbocycles. The van der Waals surface area contributed by atoms with Crippen molar-refractivity contribution in [2.45, 2.75) is 44.6 Å². The fourth-order valence-corrected chi connectivity index (χ4v) is 5.36. The highest BCUT2D eigenvalue weighted by Crippen LogP contribution is 2.51. The summed E-state index contributed by atoms with van der Waals surface area (Å²) in [5.41, 5.74) is 8.55. The van der Waals surface area contributed by atoms with Crippen LogP contribution in [0.1, 0.15) is 44.1 Å². The number of hydrogen-bond donors (Lipinski definition) is 2. The Morgan fingerprint density at radius 3 is 2.59 bits per heavy atom. The number of rotatable bonds is 6. The first-order valence-corrected chi connectivity index (χ1v) is 12.0. The molecule has 1 saturated heterocycles. The summed E-state index contributed by atoms with van der Waals surface area (Å²) in [7, 11) is 0. The molecule has 1 spiro atoms. The van der Waals surface area contributed by atoms with Crippen LogP contribution in [0.15, 0.2) is 67.2 Å². The number of nitrogens with zero attached hydrogens (tertiary/aromatic N) is 3. The van der Waals surface area contributed by atoms with Crippen molar-refractivity contribution in [3.05, 3.63) is 72.8 Å². The van der Waals surface area contributed by atoms with Crippen LogP contribution in [0, 0.1) is 5.41 Å². The van der Waals surface area contributed by atoms with E-state index >= 15 is 0 Å². The Labute approximate surface area is 200 Å². The van der Waals surface area contributed by atoms with Crippen LogP contribution in [0.2, 0.25) is 0 Å². The van der Waals surface area contributed by atoms with Gasteiger partial charge in [0.1, 0.15) is 29.5 Å². The van der Waals surface area contributed by atoms with Crippen LogP contribution in [0.3, 0.4) is 0 Å². The molecule has 2 aromatic rings. The SMILES string of the molecule is C=CC(=O)N1CCC2(CCC2Nc2ncnc(N)c2C2=CC=C(Oc3ccccc3)CC2)CC1. The molecule has 0 bridgehead atoms. The van der Waals surface area contributed by atoms with Gasteiger partial charge in [-0.15, -0.1) is 0 Å². The van der Waals surface area contributed by atoms with Crippen molar-refractivity contribution in [1.29, 1.82) is 0 Å². The summed E-state index contributed by atoms with van der Waals surface area (Å²) >= 11 is 0. The van der Waals surface area contributed by atoms with Gasteiger partial charge in [-0.1, -0.05) is 30.9 Å². The maximum atomic E-state index is 12.0. The number of nitrogen functional groups attached to an aromatic ring is 1. The fourth-order valence-electron chi connectivity index (χ4n) is 5.36. The van der Waals surface area contributed by atoms with Crippen molar-refractivity contribution >= 4 is 23.1 Å². The molecule has 0 radical (unpaired) electrons. The number of amides is 1. The summed E-state index contributed by atoms with van der Waals surface area (Å²) in [5, 5.41) is 3.71. The molecule has 1 saturated carbocycles. The lowest BCUT2D eigenvalue weighted by molar-refractivity contribution is -0.129. The first-order valence-electron chi connectivity index (χ1n) is 12.0. The third-order valence-corrected chi connectivity index (χ3v) is 7.53. The third kappa shape index (κ3) is 4.30. The number of carbonyl (C=O) groups excluding carboxylic acids is 1. The minimum atomic E-state index is 0.0254. The number of allylic oxidation sites excluding steroid dienone is 4. The number of aromatic nitrogens is 2. The molecule has 1 atom stereocenters. The van der Waals surface area contributed by atoms with E-state index in [9.17, 15) is 4.79 Å². The van der Waals surface area contributed by atoms with Gasteiger partial charge in [0.15, 0.2) is 0 Å². The van der Waals surface area contributed by atoms with Crippen LogP contribution in [0.5, 0.6) is 5.75 Å². The number of ether oxygens (including phenoxy) is 1. The minimum Gasteiger partial charge on any atom is -0.462 e. The number of likely N-dealkylation sites (tertiary alicyclic amines) is 1. The average Bonchev–Trinajstić information content (AvgIpc) is 2.87.